The maximum Gasteiger partial charge on any atom is 0.328 e. The maximum absolute atomic E-state index is 12.7. The molecule has 0 saturated carbocycles. The van der Waals surface area contributed by atoms with Crippen LogP contribution in [0, 0.1) is 5.92 Å². The van der Waals surface area contributed by atoms with Gasteiger partial charge < -0.3 is 24.6 Å². The average molecular weight is 389 g/mol. The number of nitrogens with zero attached hydrogens (tertiary/aromatic N) is 2. The van der Waals surface area contributed by atoms with E-state index >= 15 is 0 Å². The van der Waals surface area contributed by atoms with E-state index in [1.165, 1.54) is 26.4 Å². The number of carbonyl (C=O) groups excluding carboxylic acids is 1. The first kappa shape index (κ1) is 20.9. The summed E-state index contributed by atoms with van der Waals surface area (Å²) in [5.41, 5.74) is 0.155. The minimum absolute atomic E-state index is 0.0755. The quantitative estimate of drug-likeness (QED) is 0.671. The van der Waals surface area contributed by atoms with Gasteiger partial charge >= 0.3 is 12.0 Å². The predicted octanol–water partition coefficient (Wildman–Crippen LogP) is 2.52. The van der Waals surface area contributed by atoms with Gasteiger partial charge in [0.2, 0.25) is 11.8 Å². The Morgan fingerprint density at radius 2 is 1.71 bits per heavy atom. The first-order valence-electron chi connectivity index (χ1n) is 8.61. The highest BCUT2D eigenvalue weighted by Gasteiger charge is 2.23. The molecule has 0 spiro atoms. The Hall–Kier alpha value is -3.36. The van der Waals surface area contributed by atoms with Crippen molar-refractivity contribution in [3.63, 3.8) is 0 Å². The molecule has 0 aliphatic rings. The van der Waals surface area contributed by atoms with Crippen molar-refractivity contribution in [2.24, 2.45) is 5.92 Å². The second-order valence-corrected chi connectivity index (χ2v) is 6.33. The van der Waals surface area contributed by atoms with Crippen LogP contribution in [0.15, 0.2) is 30.3 Å². The predicted molar refractivity (Wildman–Crippen MR) is 100.0 cm³/mol. The number of hydrogen-bond acceptors (Lipinski definition) is 7. The number of carbonyl (C=O) groups is 2. The van der Waals surface area contributed by atoms with Crippen LogP contribution in [-0.2, 0) is 4.79 Å². The van der Waals surface area contributed by atoms with Gasteiger partial charge in [-0.1, -0.05) is 26.0 Å². The Labute approximate surface area is 162 Å². The van der Waals surface area contributed by atoms with Crippen LogP contribution in [0.1, 0.15) is 30.6 Å². The Balaban J connectivity index is 2.27. The van der Waals surface area contributed by atoms with Crippen LogP contribution >= 0.6 is 0 Å². The zero-order chi connectivity index (χ0) is 20.7. The van der Waals surface area contributed by atoms with Crippen LogP contribution in [0.25, 0.3) is 0 Å². The molecule has 1 aromatic carbocycles. The van der Waals surface area contributed by atoms with Crippen molar-refractivity contribution in [1.29, 1.82) is 0 Å². The van der Waals surface area contributed by atoms with Gasteiger partial charge in [-0.15, -0.1) is 0 Å². The summed E-state index contributed by atoms with van der Waals surface area (Å²) < 4.78 is 15.8. The van der Waals surface area contributed by atoms with E-state index in [0.717, 1.165) is 0 Å². The number of aromatic nitrogens is 2. The summed E-state index contributed by atoms with van der Waals surface area (Å²) in [5, 5.41) is 11.9. The first-order chi connectivity index (χ1) is 13.3. The minimum Gasteiger partial charge on any atom is -0.481 e. The van der Waals surface area contributed by atoms with Crippen molar-refractivity contribution in [2.45, 2.75) is 26.3 Å². The number of amides is 1. The summed E-state index contributed by atoms with van der Waals surface area (Å²) in [6.45, 7) is 3.76. The van der Waals surface area contributed by atoms with Crippen LogP contribution in [0.2, 0.25) is 0 Å². The van der Waals surface area contributed by atoms with Gasteiger partial charge in [-0.3, -0.25) is 4.79 Å². The van der Waals surface area contributed by atoms with Crippen LogP contribution in [0.5, 0.6) is 23.5 Å². The maximum atomic E-state index is 12.7. The number of carboxylic acids is 1. The lowest BCUT2D eigenvalue weighted by Gasteiger charge is -2.17. The zero-order valence-electron chi connectivity index (χ0n) is 16.1. The summed E-state index contributed by atoms with van der Waals surface area (Å²) in [7, 11) is 2.88. The zero-order valence-corrected chi connectivity index (χ0v) is 16.1. The lowest BCUT2D eigenvalue weighted by Crippen LogP contribution is -2.41. The molecule has 9 nitrogen and oxygen atoms in total. The normalized spacial score (nSPS) is 11.6. The second kappa shape index (κ2) is 9.54. The third-order valence-electron chi connectivity index (χ3n) is 3.72. The summed E-state index contributed by atoms with van der Waals surface area (Å²) in [5.74, 6) is -0.937. The molecule has 2 aromatic rings. The van der Waals surface area contributed by atoms with Crippen LogP contribution in [0.3, 0.4) is 0 Å². The summed E-state index contributed by atoms with van der Waals surface area (Å²) >= 11 is 0. The molecule has 2 rings (SSSR count). The largest absolute Gasteiger partial charge is 0.481 e. The molecule has 2 N–H and O–H groups in total. The smallest absolute Gasteiger partial charge is 0.328 e. The molecular weight excluding hydrogens is 366 g/mol. The Morgan fingerprint density at radius 3 is 2.25 bits per heavy atom. The molecule has 0 aliphatic heterocycles. The first-order valence-corrected chi connectivity index (χ1v) is 8.61. The van der Waals surface area contributed by atoms with E-state index in [9.17, 15) is 14.7 Å². The van der Waals surface area contributed by atoms with Crippen molar-refractivity contribution in [3.05, 3.63) is 35.9 Å². The van der Waals surface area contributed by atoms with Crippen molar-refractivity contribution in [3.8, 4) is 23.5 Å². The highest BCUT2D eigenvalue weighted by Crippen LogP contribution is 2.26. The number of nitrogens with one attached hydrogen (secondary N) is 1. The highest BCUT2D eigenvalue weighted by molar-refractivity contribution is 5.99. The molecule has 0 unspecified atom stereocenters. The van der Waals surface area contributed by atoms with Crippen molar-refractivity contribution >= 4 is 11.9 Å². The molecule has 1 amide bonds. The van der Waals surface area contributed by atoms with E-state index in [-0.39, 0.29) is 35.0 Å². The molecule has 0 aliphatic carbocycles. The number of hydrogen-bond donors (Lipinski definition) is 2. The van der Waals surface area contributed by atoms with E-state index in [4.69, 9.17) is 14.2 Å². The molecule has 1 aromatic heterocycles. The summed E-state index contributed by atoms with van der Waals surface area (Å²) in [4.78, 5) is 32.2. The molecule has 0 saturated heterocycles. The highest BCUT2D eigenvalue weighted by atomic mass is 16.5. The summed E-state index contributed by atoms with van der Waals surface area (Å²) in [6, 6.07) is 6.80. The SMILES string of the molecule is COc1cc(OC)nc(Oc2ccccc2C(=O)N[C@@H](CC(C)C)C(=O)O)n1. The molecule has 0 fully saturated rings. The molecule has 9 heteroatoms. The van der Waals surface area contributed by atoms with E-state index in [1.54, 1.807) is 18.2 Å². The third kappa shape index (κ3) is 5.57. The molecule has 0 bridgehead atoms. The number of para-hydroxylation sites is 1. The number of aliphatic carboxylic acids is 1. The number of carboxylic acid groups (broad SMARTS) is 1. The van der Waals surface area contributed by atoms with Gasteiger partial charge in [0.25, 0.3) is 5.91 Å². The van der Waals surface area contributed by atoms with Gasteiger partial charge in [0.1, 0.15) is 11.8 Å². The monoisotopic (exact) mass is 389 g/mol. The average Bonchev–Trinajstić information content (AvgIpc) is 2.67. The number of ether oxygens (including phenoxy) is 3. The van der Waals surface area contributed by atoms with Crippen LogP contribution in [-0.4, -0.2) is 47.2 Å². The molecule has 150 valence electrons. The third-order valence-corrected chi connectivity index (χ3v) is 3.72. The molecule has 1 heterocycles. The van der Waals surface area contributed by atoms with Gasteiger partial charge in [-0.2, -0.15) is 9.97 Å². The molecule has 28 heavy (non-hydrogen) atoms. The second-order valence-electron chi connectivity index (χ2n) is 6.33. The number of benzene rings is 1. The fraction of sp³-hybridized carbons (Fsp3) is 0.368. The number of methoxy groups -OCH3 is 2. The Kier molecular flexibility index (Phi) is 7.14. The molecule has 1 atom stereocenters. The van der Waals surface area contributed by atoms with Crippen LogP contribution in [0.4, 0.5) is 0 Å². The summed E-state index contributed by atoms with van der Waals surface area (Å²) in [6.07, 6.45) is 0.306. The standard InChI is InChI=1S/C19H23N3O6/c1-11(2)9-13(18(24)25)20-17(23)12-7-5-6-8-14(12)28-19-21-15(26-3)10-16(22-19)27-4/h5-8,10-11,13H,9H2,1-4H3,(H,20,23)(H,24,25)/t13-/m0/s1. The van der Waals surface area contributed by atoms with E-state index < -0.39 is 17.9 Å². The number of rotatable bonds is 9. The molecular formula is C19H23N3O6. The van der Waals surface area contributed by atoms with Crippen molar-refractivity contribution in [2.75, 3.05) is 14.2 Å². The fourth-order valence-electron chi connectivity index (χ4n) is 2.41. The Morgan fingerprint density at radius 1 is 1.11 bits per heavy atom. The minimum atomic E-state index is -1.10. The van der Waals surface area contributed by atoms with Crippen LogP contribution < -0.4 is 19.5 Å². The lowest BCUT2D eigenvalue weighted by atomic mass is 10.0. The van der Waals surface area contributed by atoms with E-state index in [0.29, 0.717) is 6.42 Å². The lowest BCUT2D eigenvalue weighted by molar-refractivity contribution is -0.139. The molecule has 0 radical (unpaired) electrons. The van der Waals surface area contributed by atoms with Crippen molar-refractivity contribution < 1.29 is 28.9 Å². The van der Waals surface area contributed by atoms with Crippen molar-refractivity contribution in [1.82, 2.24) is 15.3 Å². The Bertz CT molecular complexity index is 818. The van der Waals surface area contributed by atoms with E-state index in [2.05, 4.69) is 15.3 Å². The van der Waals surface area contributed by atoms with Gasteiger partial charge in [0.15, 0.2) is 0 Å². The fourth-order valence-corrected chi connectivity index (χ4v) is 2.41. The van der Waals surface area contributed by atoms with Gasteiger partial charge in [0, 0.05) is 0 Å². The van der Waals surface area contributed by atoms with Gasteiger partial charge in [-0.25, -0.2) is 4.79 Å². The van der Waals surface area contributed by atoms with E-state index in [1.807, 2.05) is 13.8 Å². The topological polar surface area (TPSA) is 120 Å². The van der Waals surface area contributed by atoms with Gasteiger partial charge in [0.05, 0.1) is 25.8 Å². The van der Waals surface area contributed by atoms with Gasteiger partial charge in [-0.05, 0) is 24.5 Å².